The zero-order valence-electron chi connectivity index (χ0n) is 13.6. The van der Waals surface area contributed by atoms with Crippen LogP contribution in [0, 0.1) is 9.88 Å². The summed E-state index contributed by atoms with van der Waals surface area (Å²) in [7, 11) is 0. The minimum atomic E-state index is -0.296. The summed E-state index contributed by atoms with van der Waals surface area (Å²) in [6, 6.07) is 18.8. The minimum absolute atomic E-state index is 0.197. The summed E-state index contributed by atoms with van der Waals surface area (Å²) in [5.41, 5.74) is 0.975. The molecule has 0 aromatic heterocycles. The van der Waals surface area contributed by atoms with Crippen LogP contribution in [-0.4, -0.2) is 9.78 Å². The number of hydrogen-bond donors (Lipinski definition) is 1. The summed E-state index contributed by atoms with van der Waals surface area (Å²) in [6.45, 7) is 0. The van der Waals surface area contributed by atoms with Crippen molar-refractivity contribution in [2.75, 3.05) is 5.32 Å². The number of para-hydroxylation sites is 2. The lowest BCUT2D eigenvalue weighted by atomic mass is 10.3. The van der Waals surface area contributed by atoms with E-state index in [-0.39, 0.29) is 25.2 Å². The van der Waals surface area contributed by atoms with Gasteiger partial charge in [-0.15, -0.1) is 5.10 Å². The van der Waals surface area contributed by atoms with Crippen LogP contribution >= 0.6 is 43.2 Å². The Labute approximate surface area is 174 Å². The van der Waals surface area contributed by atoms with Crippen molar-refractivity contribution in [2.24, 2.45) is 0 Å². The molecule has 0 spiro atoms. The summed E-state index contributed by atoms with van der Waals surface area (Å²) in [5, 5.41) is 8.54. The normalized spacial score (nSPS) is 10.9. The van der Waals surface area contributed by atoms with Gasteiger partial charge in [0.2, 0.25) is 16.0 Å². The van der Waals surface area contributed by atoms with Gasteiger partial charge in [0.15, 0.2) is 0 Å². The highest BCUT2D eigenvalue weighted by molar-refractivity contribution is 9.13. The number of anilines is 2. The van der Waals surface area contributed by atoms with Gasteiger partial charge in [0.05, 0.1) is 14.6 Å². The molecule has 5 nitrogen and oxygen atoms in total. The lowest BCUT2D eigenvalue weighted by Crippen LogP contribution is -2.22. The molecule has 0 amide bonds. The highest BCUT2D eigenvalue weighted by Crippen LogP contribution is 2.22. The summed E-state index contributed by atoms with van der Waals surface area (Å²) in [5.74, 6) is 0. The zero-order valence-corrected chi connectivity index (χ0v) is 17.6. The van der Waals surface area contributed by atoms with Crippen LogP contribution in [-0.2, 0) is 0 Å². The molecule has 1 N–H and O–H groups in total. The molecule has 0 saturated carbocycles. The molecule has 8 heteroatoms. The molecular formula is C19H11Br2N3O2S. The van der Waals surface area contributed by atoms with Crippen LogP contribution in [0.25, 0.3) is 5.69 Å². The number of halogens is 2. The van der Waals surface area contributed by atoms with Crippen molar-refractivity contribution in [1.82, 2.24) is 9.78 Å². The van der Waals surface area contributed by atoms with Crippen LogP contribution in [0.3, 0.4) is 0 Å². The predicted octanol–water partition coefficient (Wildman–Crippen LogP) is 4.65. The van der Waals surface area contributed by atoms with Gasteiger partial charge in [-0.1, -0.05) is 47.7 Å². The first-order valence-corrected chi connectivity index (χ1v) is 10.3. The molecule has 0 bridgehead atoms. The Hall–Kier alpha value is -2.29. The van der Waals surface area contributed by atoms with E-state index in [1.165, 1.54) is 4.68 Å². The molecule has 0 unspecified atom stereocenters. The molecule has 1 aliphatic carbocycles. The van der Waals surface area contributed by atoms with Crippen LogP contribution in [0.1, 0.15) is 0 Å². The van der Waals surface area contributed by atoms with Gasteiger partial charge < -0.3 is 5.32 Å². The second kappa shape index (κ2) is 7.38. The highest BCUT2D eigenvalue weighted by atomic mass is 79.9. The smallest absolute Gasteiger partial charge is 0.221 e. The fourth-order valence-corrected chi connectivity index (χ4v) is 4.44. The molecule has 0 radical (unpaired) electrons. The summed E-state index contributed by atoms with van der Waals surface area (Å²) < 4.78 is 2.25. The van der Waals surface area contributed by atoms with Crippen LogP contribution in [0.5, 0.6) is 0 Å². The van der Waals surface area contributed by atoms with E-state index in [1.54, 1.807) is 0 Å². The Morgan fingerprint density at radius 1 is 0.852 bits per heavy atom. The molecule has 0 fully saturated rings. The van der Waals surface area contributed by atoms with E-state index in [9.17, 15) is 9.59 Å². The average Bonchev–Trinajstić information content (AvgIpc) is 2.71. The molecule has 1 aliphatic heterocycles. The molecule has 134 valence electrons. The van der Waals surface area contributed by atoms with Gasteiger partial charge in [0, 0.05) is 5.69 Å². The predicted molar refractivity (Wildman–Crippen MR) is 114 cm³/mol. The zero-order chi connectivity index (χ0) is 19.0. The summed E-state index contributed by atoms with van der Waals surface area (Å²) >= 11 is 7.59. The minimum Gasteiger partial charge on any atom is -0.330 e. The standard InChI is InChI=1S/C19H11Br2N3O2S/c20-13-14(21)17(26)18-15(16(13)25)24(12-9-5-2-6-10-12)23-19(27-18)22-11-7-3-1-4-8-11/h1-10H,(H,22,23). The number of nitrogens with zero attached hydrogens (tertiary/aromatic N) is 2. The Kier molecular flexibility index (Phi) is 4.94. The molecule has 1 heterocycles. The Morgan fingerprint density at radius 3 is 2.11 bits per heavy atom. The lowest BCUT2D eigenvalue weighted by molar-refractivity contribution is 0.819. The van der Waals surface area contributed by atoms with Crippen molar-refractivity contribution < 1.29 is 0 Å². The SMILES string of the molecule is O=c1c(Br)c(Br)c(=O)c2n(-c3ccccc3)nc(Nc3ccccc3)sc1=2. The maximum Gasteiger partial charge on any atom is 0.221 e. The molecule has 2 aromatic rings. The third-order valence-electron chi connectivity index (χ3n) is 3.85. The monoisotopic (exact) mass is 503 g/mol. The van der Waals surface area contributed by atoms with Gasteiger partial charge in [0.25, 0.3) is 0 Å². The second-order valence-electron chi connectivity index (χ2n) is 5.61. The van der Waals surface area contributed by atoms with Crippen molar-refractivity contribution in [2.45, 2.75) is 0 Å². The van der Waals surface area contributed by atoms with Gasteiger partial charge in [-0.05, 0) is 56.1 Å². The number of nitrogens with one attached hydrogen (secondary N) is 1. The largest absolute Gasteiger partial charge is 0.330 e. The Balaban J connectivity index is 2.09. The number of aromatic nitrogens is 2. The fraction of sp³-hybridized carbons (Fsp3) is 0. The molecule has 0 saturated heterocycles. The Bertz CT molecular complexity index is 1310. The van der Waals surface area contributed by atoms with Gasteiger partial charge >= 0.3 is 0 Å². The van der Waals surface area contributed by atoms with Crippen LogP contribution < -0.4 is 16.2 Å². The average molecular weight is 505 g/mol. The number of benzene rings is 2. The van der Waals surface area contributed by atoms with Crippen molar-refractivity contribution >= 4 is 54.0 Å². The van der Waals surface area contributed by atoms with E-state index in [0.717, 1.165) is 17.0 Å². The Morgan fingerprint density at radius 2 is 1.44 bits per heavy atom. The van der Waals surface area contributed by atoms with Gasteiger partial charge in [-0.25, -0.2) is 4.68 Å². The molecule has 27 heavy (non-hydrogen) atoms. The van der Waals surface area contributed by atoms with Gasteiger partial charge in [0.1, 0.15) is 9.88 Å². The van der Waals surface area contributed by atoms with Gasteiger partial charge in [-0.2, -0.15) is 0 Å². The molecule has 0 atom stereocenters. The highest BCUT2D eigenvalue weighted by Gasteiger charge is 2.16. The lowest BCUT2D eigenvalue weighted by Gasteiger charge is -2.11. The molecular weight excluding hydrogens is 494 g/mol. The second-order valence-corrected chi connectivity index (χ2v) is 8.19. The molecule has 2 aliphatic rings. The van der Waals surface area contributed by atoms with E-state index in [1.807, 2.05) is 60.7 Å². The van der Waals surface area contributed by atoms with Crippen molar-refractivity contribution in [1.29, 1.82) is 0 Å². The van der Waals surface area contributed by atoms with E-state index in [0.29, 0.717) is 15.4 Å². The topological polar surface area (TPSA) is 64.0 Å². The van der Waals surface area contributed by atoms with Crippen molar-refractivity contribution in [3.05, 3.63) is 99.9 Å². The maximum absolute atomic E-state index is 12.9. The van der Waals surface area contributed by atoms with E-state index < -0.39 is 0 Å². The van der Waals surface area contributed by atoms with Crippen LogP contribution in [0.15, 0.2) is 79.2 Å². The molecule has 2 aromatic carbocycles. The quantitative estimate of drug-likeness (QED) is 0.441. The van der Waals surface area contributed by atoms with Gasteiger partial charge in [-0.3, -0.25) is 9.59 Å². The van der Waals surface area contributed by atoms with Crippen LogP contribution in [0.2, 0.25) is 0 Å². The third-order valence-corrected chi connectivity index (χ3v) is 6.86. The third kappa shape index (κ3) is 3.36. The van der Waals surface area contributed by atoms with E-state index in [2.05, 4.69) is 42.3 Å². The van der Waals surface area contributed by atoms with Crippen molar-refractivity contribution in [3.63, 3.8) is 0 Å². The number of rotatable bonds is 3. The first-order chi connectivity index (χ1) is 13.1. The first kappa shape index (κ1) is 18.1. The number of hydrogen-bond acceptors (Lipinski definition) is 5. The molecule has 4 rings (SSSR count). The maximum atomic E-state index is 12.9. The van der Waals surface area contributed by atoms with Crippen LogP contribution in [0.4, 0.5) is 10.8 Å². The summed E-state index contributed by atoms with van der Waals surface area (Å²) in [6.07, 6.45) is 0. The van der Waals surface area contributed by atoms with E-state index in [4.69, 9.17) is 0 Å². The van der Waals surface area contributed by atoms with Crippen molar-refractivity contribution in [3.8, 4) is 5.69 Å². The van der Waals surface area contributed by atoms with E-state index >= 15 is 0 Å². The fourth-order valence-electron chi connectivity index (χ4n) is 2.61. The first-order valence-electron chi connectivity index (χ1n) is 7.89. The summed E-state index contributed by atoms with van der Waals surface area (Å²) in [4.78, 5) is 25.7.